The number of nitrogens with zero attached hydrogens (tertiary/aromatic N) is 2. The van der Waals surface area contributed by atoms with Crippen molar-refractivity contribution in [3.8, 4) is 5.75 Å². The summed E-state index contributed by atoms with van der Waals surface area (Å²) in [6, 6.07) is 0.800. The SMILES string of the molecule is COc1c(C)cnc(CN(C)C(=O)c2c[nH]c(C(F)(F)F)c2)c1C. The summed E-state index contributed by atoms with van der Waals surface area (Å²) in [6.07, 6.45) is -1.82. The van der Waals surface area contributed by atoms with Crippen molar-refractivity contribution in [2.75, 3.05) is 14.2 Å². The van der Waals surface area contributed by atoms with Crippen molar-refractivity contribution in [3.63, 3.8) is 0 Å². The van der Waals surface area contributed by atoms with Crippen LogP contribution in [0.3, 0.4) is 0 Å². The quantitative estimate of drug-likeness (QED) is 0.928. The molecule has 0 radical (unpaired) electrons. The van der Waals surface area contributed by atoms with E-state index >= 15 is 0 Å². The van der Waals surface area contributed by atoms with Crippen LogP contribution in [0, 0.1) is 13.8 Å². The highest BCUT2D eigenvalue weighted by molar-refractivity contribution is 5.94. The number of alkyl halides is 3. The van der Waals surface area contributed by atoms with Gasteiger partial charge in [0, 0.05) is 30.6 Å². The number of amides is 1. The van der Waals surface area contributed by atoms with E-state index in [4.69, 9.17) is 4.74 Å². The Hall–Kier alpha value is -2.51. The number of hydrogen-bond acceptors (Lipinski definition) is 3. The number of halogens is 3. The molecule has 1 N–H and O–H groups in total. The predicted molar refractivity (Wildman–Crippen MR) is 81.9 cm³/mol. The normalized spacial score (nSPS) is 11.5. The molecule has 5 nitrogen and oxygen atoms in total. The summed E-state index contributed by atoms with van der Waals surface area (Å²) in [5.74, 6) is 0.157. The van der Waals surface area contributed by atoms with Crippen LogP contribution < -0.4 is 4.74 Å². The molecule has 0 spiro atoms. The number of aromatic nitrogens is 2. The minimum atomic E-state index is -4.51. The average Bonchev–Trinajstić information content (AvgIpc) is 3.00. The number of carbonyl (C=O) groups is 1. The van der Waals surface area contributed by atoms with E-state index in [-0.39, 0.29) is 12.1 Å². The third-order valence-electron chi connectivity index (χ3n) is 3.72. The van der Waals surface area contributed by atoms with Gasteiger partial charge in [0.2, 0.25) is 0 Å². The van der Waals surface area contributed by atoms with E-state index in [0.717, 1.165) is 23.4 Å². The maximum atomic E-state index is 12.6. The number of aromatic amines is 1. The molecule has 130 valence electrons. The lowest BCUT2D eigenvalue weighted by Crippen LogP contribution is -2.26. The first kappa shape index (κ1) is 17.8. The number of methoxy groups -OCH3 is 1. The molecule has 8 heteroatoms. The lowest BCUT2D eigenvalue weighted by molar-refractivity contribution is -0.140. The Morgan fingerprint density at radius 3 is 2.58 bits per heavy atom. The summed E-state index contributed by atoms with van der Waals surface area (Å²) < 4.78 is 43.1. The molecule has 0 aliphatic rings. The number of hydrogen-bond donors (Lipinski definition) is 1. The van der Waals surface area contributed by atoms with Gasteiger partial charge in [0.1, 0.15) is 11.4 Å². The number of aryl methyl sites for hydroxylation is 1. The minimum Gasteiger partial charge on any atom is -0.496 e. The number of carbonyl (C=O) groups excluding carboxylic acids is 1. The summed E-state index contributed by atoms with van der Waals surface area (Å²) in [5.41, 5.74) is 1.28. The predicted octanol–water partition coefficient (Wildman–Crippen LogP) is 3.33. The Kier molecular flexibility index (Phi) is 4.86. The first-order chi connectivity index (χ1) is 11.1. The van der Waals surface area contributed by atoms with E-state index in [0.29, 0.717) is 11.4 Å². The van der Waals surface area contributed by atoms with Gasteiger partial charge in [-0.2, -0.15) is 13.2 Å². The van der Waals surface area contributed by atoms with Crippen molar-refractivity contribution in [1.29, 1.82) is 0 Å². The average molecular weight is 341 g/mol. The van der Waals surface area contributed by atoms with Gasteiger partial charge in [-0.15, -0.1) is 0 Å². The Labute approximate surface area is 137 Å². The maximum absolute atomic E-state index is 12.6. The Morgan fingerprint density at radius 1 is 1.38 bits per heavy atom. The molecule has 24 heavy (non-hydrogen) atoms. The van der Waals surface area contributed by atoms with Crippen LogP contribution in [0.2, 0.25) is 0 Å². The number of ether oxygens (including phenoxy) is 1. The zero-order chi connectivity index (χ0) is 18.1. The van der Waals surface area contributed by atoms with Gasteiger partial charge in [0.25, 0.3) is 5.91 Å². The fourth-order valence-electron chi connectivity index (χ4n) is 2.43. The molecule has 0 aromatic carbocycles. The molecular weight excluding hydrogens is 323 g/mol. The summed E-state index contributed by atoms with van der Waals surface area (Å²) in [7, 11) is 3.06. The van der Waals surface area contributed by atoms with Gasteiger partial charge in [0.05, 0.1) is 24.9 Å². The van der Waals surface area contributed by atoms with E-state index in [1.54, 1.807) is 13.3 Å². The van der Waals surface area contributed by atoms with E-state index < -0.39 is 17.8 Å². The van der Waals surface area contributed by atoms with Crippen molar-refractivity contribution >= 4 is 5.91 Å². The third kappa shape index (κ3) is 3.52. The Bertz CT molecular complexity index is 754. The van der Waals surface area contributed by atoms with E-state index in [1.807, 2.05) is 13.8 Å². The summed E-state index contributed by atoms with van der Waals surface area (Å²) in [5, 5.41) is 0. The van der Waals surface area contributed by atoms with Gasteiger partial charge in [-0.1, -0.05) is 0 Å². The minimum absolute atomic E-state index is 0.0541. The number of pyridine rings is 1. The van der Waals surface area contributed by atoms with Crippen LogP contribution in [0.15, 0.2) is 18.5 Å². The molecule has 2 aromatic rings. The number of H-pyrrole nitrogens is 1. The molecule has 0 fully saturated rings. The van der Waals surface area contributed by atoms with Crippen molar-refractivity contribution in [3.05, 3.63) is 46.5 Å². The van der Waals surface area contributed by atoms with Crippen molar-refractivity contribution in [2.45, 2.75) is 26.6 Å². The molecule has 0 bridgehead atoms. The topological polar surface area (TPSA) is 58.2 Å². The second kappa shape index (κ2) is 6.54. The highest BCUT2D eigenvalue weighted by Crippen LogP contribution is 2.29. The van der Waals surface area contributed by atoms with Gasteiger partial charge in [-0.05, 0) is 19.9 Å². The molecule has 0 atom stereocenters. The first-order valence-electron chi connectivity index (χ1n) is 7.15. The van der Waals surface area contributed by atoms with Gasteiger partial charge in [-0.25, -0.2) is 0 Å². The molecule has 0 aliphatic heterocycles. The molecule has 0 aliphatic carbocycles. The lowest BCUT2D eigenvalue weighted by atomic mass is 10.1. The van der Waals surface area contributed by atoms with E-state index in [2.05, 4.69) is 9.97 Å². The van der Waals surface area contributed by atoms with E-state index in [9.17, 15) is 18.0 Å². The van der Waals surface area contributed by atoms with Crippen molar-refractivity contribution < 1.29 is 22.7 Å². The zero-order valence-corrected chi connectivity index (χ0v) is 13.8. The Balaban J connectivity index is 2.19. The zero-order valence-electron chi connectivity index (χ0n) is 13.8. The monoisotopic (exact) mass is 341 g/mol. The van der Waals surface area contributed by atoms with Crippen LogP contribution in [0.1, 0.15) is 32.9 Å². The van der Waals surface area contributed by atoms with Crippen LogP contribution >= 0.6 is 0 Å². The van der Waals surface area contributed by atoms with Gasteiger partial charge < -0.3 is 14.6 Å². The van der Waals surface area contributed by atoms with Gasteiger partial charge in [-0.3, -0.25) is 9.78 Å². The molecule has 0 saturated carbocycles. The van der Waals surface area contributed by atoms with Crippen LogP contribution in [0.5, 0.6) is 5.75 Å². The van der Waals surface area contributed by atoms with Crippen LogP contribution in [-0.2, 0) is 12.7 Å². The van der Waals surface area contributed by atoms with E-state index in [1.165, 1.54) is 11.9 Å². The van der Waals surface area contributed by atoms with Crippen LogP contribution in [0.4, 0.5) is 13.2 Å². The smallest absolute Gasteiger partial charge is 0.431 e. The van der Waals surface area contributed by atoms with Crippen molar-refractivity contribution in [1.82, 2.24) is 14.9 Å². The Morgan fingerprint density at radius 2 is 2.04 bits per heavy atom. The number of rotatable bonds is 4. The molecule has 0 unspecified atom stereocenters. The number of nitrogens with one attached hydrogen (secondary N) is 1. The summed E-state index contributed by atoms with van der Waals surface area (Å²) in [6.45, 7) is 3.84. The molecule has 0 saturated heterocycles. The van der Waals surface area contributed by atoms with Crippen molar-refractivity contribution in [2.24, 2.45) is 0 Å². The highest BCUT2D eigenvalue weighted by atomic mass is 19.4. The fourth-order valence-corrected chi connectivity index (χ4v) is 2.43. The fraction of sp³-hybridized carbons (Fsp3) is 0.375. The van der Waals surface area contributed by atoms with Crippen LogP contribution in [0.25, 0.3) is 0 Å². The molecule has 2 aromatic heterocycles. The molecular formula is C16H18F3N3O2. The summed E-state index contributed by atoms with van der Waals surface area (Å²) in [4.78, 5) is 20.0. The highest BCUT2D eigenvalue weighted by Gasteiger charge is 2.33. The standard InChI is InChI=1S/C16H18F3N3O2/c1-9-6-20-12(10(2)14(9)24-4)8-22(3)15(23)11-5-13(21-7-11)16(17,18)19/h5-7,21H,8H2,1-4H3. The molecule has 2 rings (SSSR count). The first-order valence-corrected chi connectivity index (χ1v) is 7.15. The van der Waals surface area contributed by atoms with Crippen LogP contribution in [-0.4, -0.2) is 34.9 Å². The van der Waals surface area contributed by atoms with Gasteiger partial charge in [0.15, 0.2) is 0 Å². The lowest BCUT2D eigenvalue weighted by Gasteiger charge is -2.19. The second-order valence-corrected chi connectivity index (χ2v) is 5.51. The molecule has 1 amide bonds. The largest absolute Gasteiger partial charge is 0.496 e. The molecule has 2 heterocycles. The van der Waals surface area contributed by atoms with Gasteiger partial charge >= 0.3 is 6.18 Å². The maximum Gasteiger partial charge on any atom is 0.431 e. The second-order valence-electron chi connectivity index (χ2n) is 5.51. The summed E-state index contributed by atoms with van der Waals surface area (Å²) >= 11 is 0. The third-order valence-corrected chi connectivity index (χ3v) is 3.72.